The maximum atomic E-state index is 11.0. The third-order valence-electron chi connectivity index (χ3n) is 1.51. The first-order chi connectivity index (χ1) is 8.54. The molecule has 19 heavy (non-hydrogen) atoms. The molecule has 0 bridgehead atoms. The van der Waals surface area contributed by atoms with Gasteiger partial charge in [-0.1, -0.05) is 0 Å². The Balaban J connectivity index is 0. The van der Waals surface area contributed by atoms with E-state index >= 15 is 0 Å². The van der Waals surface area contributed by atoms with Gasteiger partial charge in [-0.15, -0.1) is 4.99 Å². The Labute approximate surface area is 124 Å². The van der Waals surface area contributed by atoms with E-state index in [0.29, 0.717) is 5.75 Å². The number of rotatable bonds is 2. The molecular formula is C11H8AgN2O5. The van der Waals surface area contributed by atoms with Crippen molar-refractivity contribution in [1.82, 2.24) is 0 Å². The summed E-state index contributed by atoms with van der Waals surface area (Å²) in [7, 11) is 0. The van der Waals surface area contributed by atoms with Crippen molar-refractivity contribution in [2.45, 2.75) is 6.92 Å². The minimum absolute atomic E-state index is 0. The number of esters is 1. The summed E-state index contributed by atoms with van der Waals surface area (Å²) >= 11 is 0. The molecule has 0 atom stereocenters. The number of carbonyl (C=O) groups is 2. The zero-order valence-corrected chi connectivity index (χ0v) is 11.1. The predicted octanol–water partition coefficient (Wildman–Crippen LogP) is 0.925. The SMILES string of the molecule is CC(=O)Oc1ccc(C(=O)N=C=O)cc1.N#CO.[Ag]. The first kappa shape index (κ1) is 19.1. The Morgan fingerprint density at radius 2 is 1.79 bits per heavy atom. The quantitative estimate of drug-likeness (QED) is 0.210. The number of benzene rings is 1. The van der Waals surface area contributed by atoms with Gasteiger partial charge >= 0.3 is 5.97 Å². The molecule has 0 aliphatic carbocycles. The summed E-state index contributed by atoms with van der Waals surface area (Å²) in [5, 5.41) is 13.8. The van der Waals surface area contributed by atoms with Gasteiger partial charge in [0.2, 0.25) is 6.08 Å². The molecule has 0 heterocycles. The summed E-state index contributed by atoms with van der Waals surface area (Å²) in [5.41, 5.74) is 0.231. The molecule has 0 aliphatic heterocycles. The third-order valence-corrected chi connectivity index (χ3v) is 1.51. The van der Waals surface area contributed by atoms with Crippen molar-refractivity contribution in [2.24, 2.45) is 4.99 Å². The summed E-state index contributed by atoms with van der Waals surface area (Å²) in [6, 6.07) is 5.69. The fraction of sp³-hybridized carbons (Fsp3) is 0.0909. The van der Waals surface area contributed by atoms with Crippen LogP contribution in [0.2, 0.25) is 0 Å². The molecule has 0 unspecified atom stereocenters. The van der Waals surface area contributed by atoms with Crippen molar-refractivity contribution >= 4 is 18.0 Å². The molecule has 1 N–H and O–H groups in total. The van der Waals surface area contributed by atoms with Crippen molar-refractivity contribution < 1.29 is 46.6 Å². The van der Waals surface area contributed by atoms with Crippen LogP contribution in [0, 0.1) is 11.5 Å². The number of amides is 1. The fourth-order valence-corrected chi connectivity index (χ4v) is 0.938. The van der Waals surface area contributed by atoms with Crippen LogP contribution in [0.25, 0.3) is 0 Å². The van der Waals surface area contributed by atoms with Crippen LogP contribution >= 0.6 is 0 Å². The maximum absolute atomic E-state index is 11.0. The number of isocyanates is 1. The molecule has 1 aromatic carbocycles. The van der Waals surface area contributed by atoms with E-state index in [9.17, 15) is 14.4 Å². The molecule has 8 heteroatoms. The molecule has 0 saturated carbocycles. The van der Waals surface area contributed by atoms with E-state index < -0.39 is 11.9 Å². The molecule has 1 amide bonds. The number of hydrogen-bond donors (Lipinski definition) is 1. The van der Waals surface area contributed by atoms with Crippen LogP contribution in [0.15, 0.2) is 29.3 Å². The normalized spacial score (nSPS) is 7.37. The topological polar surface area (TPSA) is 117 Å². The van der Waals surface area contributed by atoms with Crippen LogP contribution in [0.5, 0.6) is 5.75 Å². The predicted molar refractivity (Wildman–Crippen MR) is 57.8 cm³/mol. The molecule has 0 aromatic heterocycles. The summed E-state index contributed by atoms with van der Waals surface area (Å²) < 4.78 is 4.75. The smallest absolute Gasteiger partial charge is 0.308 e. The number of hydrogen-bond acceptors (Lipinski definition) is 6. The van der Waals surface area contributed by atoms with Crippen molar-refractivity contribution in [2.75, 3.05) is 0 Å². The van der Waals surface area contributed by atoms with Crippen LogP contribution in [-0.2, 0) is 32.0 Å². The van der Waals surface area contributed by atoms with Gasteiger partial charge in [-0.25, -0.2) is 4.79 Å². The van der Waals surface area contributed by atoms with E-state index in [1.165, 1.54) is 31.2 Å². The summed E-state index contributed by atoms with van der Waals surface area (Å²) in [6.45, 7) is 1.27. The molecule has 0 fully saturated rings. The molecule has 7 nitrogen and oxygen atoms in total. The van der Waals surface area contributed by atoms with Gasteiger partial charge in [-0.05, 0) is 24.3 Å². The molecule has 103 valence electrons. The van der Waals surface area contributed by atoms with Gasteiger partial charge in [0.15, 0.2) is 0 Å². The second kappa shape index (κ2) is 10.9. The van der Waals surface area contributed by atoms with Crippen LogP contribution < -0.4 is 4.74 Å². The van der Waals surface area contributed by atoms with Gasteiger partial charge in [-0.3, -0.25) is 9.59 Å². The number of aliphatic imine (C=N–C) groups is 1. The maximum Gasteiger partial charge on any atom is 0.308 e. The van der Waals surface area contributed by atoms with E-state index in [1.54, 1.807) is 0 Å². The largest absolute Gasteiger partial charge is 0.443 e. The van der Waals surface area contributed by atoms with E-state index in [2.05, 4.69) is 4.99 Å². The molecule has 1 radical (unpaired) electrons. The van der Waals surface area contributed by atoms with Gasteiger partial charge in [-0.2, -0.15) is 5.26 Å². The molecule has 1 rings (SSSR count). The average Bonchev–Trinajstić information content (AvgIpc) is 2.30. The van der Waals surface area contributed by atoms with E-state index in [1.807, 2.05) is 0 Å². The number of carbonyl (C=O) groups excluding carboxylic acids is 3. The van der Waals surface area contributed by atoms with Crippen molar-refractivity contribution in [3.63, 3.8) is 0 Å². The Hall–Kier alpha value is -2.23. The van der Waals surface area contributed by atoms with E-state index in [0.717, 1.165) is 12.3 Å². The Kier molecular flexibility index (Phi) is 11.0. The standard InChI is InChI=1S/C10H7NO4.CHNO.Ag/c1-7(13)15-9-4-2-8(3-5-9)10(14)11-6-12;2-1-3;/h2-5H,1H3;3H;. The zero-order valence-electron chi connectivity index (χ0n) is 9.59. The second-order valence-corrected chi connectivity index (χ2v) is 2.73. The Morgan fingerprint density at radius 1 is 1.32 bits per heavy atom. The first-order valence-electron chi connectivity index (χ1n) is 4.49. The van der Waals surface area contributed by atoms with E-state index in [-0.39, 0.29) is 27.9 Å². The van der Waals surface area contributed by atoms with Crippen LogP contribution in [0.4, 0.5) is 0 Å². The van der Waals surface area contributed by atoms with Gasteiger partial charge in [0.25, 0.3) is 12.2 Å². The van der Waals surface area contributed by atoms with Gasteiger partial charge in [0.1, 0.15) is 5.75 Å². The summed E-state index contributed by atoms with van der Waals surface area (Å²) in [6.07, 6.45) is 1.90. The molecule has 0 aliphatic rings. The minimum Gasteiger partial charge on any atom is -0.443 e. The van der Waals surface area contributed by atoms with Crippen LogP contribution in [0.3, 0.4) is 0 Å². The van der Waals surface area contributed by atoms with Crippen LogP contribution in [0.1, 0.15) is 17.3 Å². The molecular weight excluding hydrogens is 348 g/mol. The zero-order chi connectivity index (χ0) is 14.0. The van der Waals surface area contributed by atoms with Gasteiger partial charge in [0.05, 0.1) is 0 Å². The Morgan fingerprint density at radius 3 is 2.16 bits per heavy atom. The molecule has 0 saturated heterocycles. The van der Waals surface area contributed by atoms with Crippen molar-refractivity contribution in [1.29, 1.82) is 5.26 Å². The van der Waals surface area contributed by atoms with Gasteiger partial charge in [0, 0.05) is 34.9 Å². The number of nitriles is 1. The number of aliphatic hydroxyl groups excluding tert-OH is 1. The number of nitrogens with zero attached hydrogens (tertiary/aromatic N) is 2. The summed E-state index contributed by atoms with van der Waals surface area (Å²) in [5.74, 6) is -0.798. The van der Waals surface area contributed by atoms with Crippen LogP contribution in [-0.4, -0.2) is 23.1 Å². The fourth-order valence-electron chi connectivity index (χ4n) is 0.938. The van der Waals surface area contributed by atoms with E-state index in [4.69, 9.17) is 15.1 Å². The molecule has 0 spiro atoms. The molecule has 1 aromatic rings. The number of aliphatic hydroxyl groups is 1. The monoisotopic (exact) mass is 355 g/mol. The second-order valence-electron chi connectivity index (χ2n) is 2.73. The summed E-state index contributed by atoms with van der Waals surface area (Å²) in [4.78, 5) is 34.4. The first-order valence-corrected chi connectivity index (χ1v) is 4.49. The van der Waals surface area contributed by atoms with Gasteiger partial charge < -0.3 is 9.84 Å². The van der Waals surface area contributed by atoms with Crippen molar-refractivity contribution in [3.05, 3.63) is 29.8 Å². The van der Waals surface area contributed by atoms with Crippen molar-refractivity contribution in [3.8, 4) is 12.0 Å². The average molecular weight is 356 g/mol. The number of ether oxygens (including phenoxy) is 1. The Bertz CT molecular complexity index is 515. The minimum atomic E-state index is -0.681. The third kappa shape index (κ3) is 8.49.